The van der Waals surface area contributed by atoms with Crippen molar-refractivity contribution < 1.29 is 0 Å². The van der Waals surface area contributed by atoms with Crippen LogP contribution in [0.1, 0.15) is 44.2 Å². The Hall–Kier alpha value is -1.63. The lowest BCUT2D eigenvalue weighted by Gasteiger charge is -2.13. The van der Waals surface area contributed by atoms with Gasteiger partial charge in [-0.05, 0) is 43.5 Å². The van der Waals surface area contributed by atoms with Crippen LogP contribution in [0.4, 0.5) is 5.69 Å². The smallest absolute Gasteiger partial charge is 0.0665 e. The van der Waals surface area contributed by atoms with Crippen LogP contribution in [0, 0.1) is 6.92 Å². The van der Waals surface area contributed by atoms with E-state index in [9.17, 15) is 0 Å². The number of hydrogen-bond donors (Lipinski definition) is 0. The van der Waals surface area contributed by atoms with Gasteiger partial charge in [0.1, 0.15) is 0 Å². The molecule has 1 atom stereocenters. The summed E-state index contributed by atoms with van der Waals surface area (Å²) in [6.07, 6.45) is 2.73. The fourth-order valence-corrected chi connectivity index (χ4v) is 1.72. The van der Waals surface area contributed by atoms with Crippen LogP contribution in [-0.2, 0) is 0 Å². The summed E-state index contributed by atoms with van der Waals surface area (Å²) >= 11 is 0. The SMILES string of the molecule is C=C/C(CC)=N\c1cc(C(C)C(=C)C)ccc1C. The lowest BCUT2D eigenvalue weighted by molar-refractivity contribution is 0.898. The molecule has 1 unspecified atom stereocenters. The van der Waals surface area contributed by atoms with E-state index in [0.29, 0.717) is 5.92 Å². The van der Waals surface area contributed by atoms with E-state index < -0.39 is 0 Å². The molecular weight excluding hydrogens is 218 g/mol. The summed E-state index contributed by atoms with van der Waals surface area (Å²) in [6.45, 7) is 16.2. The van der Waals surface area contributed by atoms with Crippen LogP contribution in [-0.4, -0.2) is 5.71 Å². The standard InChI is InChI=1S/C17H23N/c1-7-16(8-2)18-17-11-15(10-9-13(17)5)14(6)12(3)4/h7,9-11,14H,1,3,8H2,2,4-6H3/b18-16+. The van der Waals surface area contributed by atoms with E-state index in [-0.39, 0.29) is 0 Å². The third kappa shape index (κ3) is 3.43. The highest BCUT2D eigenvalue weighted by molar-refractivity contribution is 5.96. The van der Waals surface area contributed by atoms with Crippen LogP contribution >= 0.6 is 0 Å². The summed E-state index contributed by atoms with van der Waals surface area (Å²) in [6, 6.07) is 6.45. The van der Waals surface area contributed by atoms with Gasteiger partial charge in [0.25, 0.3) is 0 Å². The van der Waals surface area contributed by atoms with Gasteiger partial charge in [-0.2, -0.15) is 0 Å². The number of nitrogens with zero attached hydrogens (tertiary/aromatic N) is 1. The Morgan fingerprint density at radius 3 is 2.61 bits per heavy atom. The van der Waals surface area contributed by atoms with Crippen LogP contribution in [0.15, 0.2) is 48.0 Å². The first-order chi connectivity index (χ1) is 8.49. The van der Waals surface area contributed by atoms with E-state index in [1.807, 2.05) is 6.08 Å². The van der Waals surface area contributed by atoms with Gasteiger partial charge in [0.15, 0.2) is 0 Å². The van der Waals surface area contributed by atoms with Crippen molar-refractivity contribution >= 4 is 11.4 Å². The van der Waals surface area contributed by atoms with Gasteiger partial charge >= 0.3 is 0 Å². The van der Waals surface area contributed by atoms with Gasteiger partial charge in [0.2, 0.25) is 0 Å². The highest BCUT2D eigenvalue weighted by atomic mass is 14.7. The number of rotatable bonds is 5. The molecule has 0 amide bonds. The Labute approximate surface area is 111 Å². The minimum atomic E-state index is 0.369. The molecule has 0 aliphatic rings. The molecule has 0 spiro atoms. The van der Waals surface area contributed by atoms with E-state index >= 15 is 0 Å². The Balaban J connectivity index is 3.20. The summed E-state index contributed by atoms with van der Waals surface area (Å²) in [5, 5.41) is 0. The van der Waals surface area contributed by atoms with Crippen LogP contribution in [0.3, 0.4) is 0 Å². The Kier molecular flexibility index (Phi) is 5.08. The van der Waals surface area contributed by atoms with Crippen molar-refractivity contribution in [2.75, 3.05) is 0 Å². The van der Waals surface area contributed by atoms with Gasteiger partial charge in [0, 0.05) is 11.6 Å². The predicted molar refractivity (Wildman–Crippen MR) is 82.0 cm³/mol. The van der Waals surface area contributed by atoms with Gasteiger partial charge in [-0.1, -0.05) is 44.7 Å². The van der Waals surface area contributed by atoms with Crippen LogP contribution in [0.2, 0.25) is 0 Å². The van der Waals surface area contributed by atoms with E-state index in [1.54, 1.807) is 0 Å². The first-order valence-electron chi connectivity index (χ1n) is 6.45. The third-order valence-corrected chi connectivity index (χ3v) is 3.33. The number of allylic oxidation sites excluding steroid dienone is 2. The second-order valence-electron chi connectivity index (χ2n) is 4.77. The molecule has 0 saturated carbocycles. The Morgan fingerprint density at radius 2 is 2.11 bits per heavy atom. The first-order valence-corrected chi connectivity index (χ1v) is 6.45. The fourth-order valence-electron chi connectivity index (χ4n) is 1.72. The molecule has 0 N–H and O–H groups in total. The van der Waals surface area contributed by atoms with Crippen molar-refractivity contribution in [2.24, 2.45) is 4.99 Å². The topological polar surface area (TPSA) is 12.4 Å². The molecule has 1 rings (SSSR count). The van der Waals surface area contributed by atoms with E-state index in [2.05, 4.69) is 64.0 Å². The molecule has 1 heteroatoms. The molecule has 1 aromatic rings. The summed E-state index contributed by atoms with van der Waals surface area (Å²) in [4.78, 5) is 4.67. The molecule has 0 radical (unpaired) electrons. The zero-order valence-corrected chi connectivity index (χ0v) is 12.0. The van der Waals surface area contributed by atoms with Gasteiger partial charge in [-0.3, -0.25) is 4.99 Å². The molecule has 0 bridgehead atoms. The summed E-state index contributed by atoms with van der Waals surface area (Å²) in [5.74, 6) is 0.369. The molecule has 0 fully saturated rings. The Morgan fingerprint density at radius 1 is 1.44 bits per heavy atom. The lowest BCUT2D eigenvalue weighted by Crippen LogP contribution is -1.95. The first kappa shape index (κ1) is 14.4. The van der Waals surface area contributed by atoms with Crippen molar-refractivity contribution in [1.29, 1.82) is 0 Å². The van der Waals surface area contributed by atoms with Gasteiger partial charge in [-0.25, -0.2) is 0 Å². The van der Waals surface area contributed by atoms with Gasteiger partial charge in [-0.15, -0.1) is 0 Å². The zero-order chi connectivity index (χ0) is 13.7. The normalized spacial score (nSPS) is 13.2. The molecule has 1 aromatic carbocycles. The quantitative estimate of drug-likeness (QED) is 0.487. The average molecular weight is 241 g/mol. The third-order valence-electron chi connectivity index (χ3n) is 3.33. The van der Waals surface area contributed by atoms with Crippen molar-refractivity contribution in [1.82, 2.24) is 0 Å². The second-order valence-corrected chi connectivity index (χ2v) is 4.77. The summed E-state index contributed by atoms with van der Waals surface area (Å²) in [5.41, 5.74) is 5.70. The van der Waals surface area contributed by atoms with Crippen molar-refractivity contribution in [3.8, 4) is 0 Å². The van der Waals surface area contributed by atoms with Crippen LogP contribution in [0.25, 0.3) is 0 Å². The molecule has 0 aliphatic heterocycles. The number of hydrogen-bond acceptors (Lipinski definition) is 1. The highest BCUT2D eigenvalue weighted by Crippen LogP contribution is 2.28. The lowest BCUT2D eigenvalue weighted by atomic mass is 9.94. The minimum absolute atomic E-state index is 0.369. The largest absolute Gasteiger partial charge is 0.253 e. The molecule has 0 saturated heterocycles. The van der Waals surface area contributed by atoms with Crippen molar-refractivity contribution in [2.45, 2.75) is 40.0 Å². The van der Waals surface area contributed by atoms with Gasteiger partial charge < -0.3 is 0 Å². The van der Waals surface area contributed by atoms with E-state index in [4.69, 9.17) is 0 Å². The van der Waals surface area contributed by atoms with Crippen LogP contribution in [0.5, 0.6) is 0 Å². The molecule has 0 aromatic heterocycles. The maximum atomic E-state index is 4.67. The van der Waals surface area contributed by atoms with Crippen molar-refractivity contribution in [3.63, 3.8) is 0 Å². The molecule has 18 heavy (non-hydrogen) atoms. The minimum Gasteiger partial charge on any atom is -0.253 e. The maximum absolute atomic E-state index is 4.67. The monoisotopic (exact) mass is 241 g/mol. The van der Waals surface area contributed by atoms with E-state index in [1.165, 1.54) is 16.7 Å². The predicted octanol–water partition coefficient (Wildman–Crippen LogP) is 5.34. The number of aryl methyl sites for hydroxylation is 1. The van der Waals surface area contributed by atoms with E-state index in [0.717, 1.165) is 17.8 Å². The van der Waals surface area contributed by atoms with Gasteiger partial charge in [0.05, 0.1) is 5.69 Å². The number of benzene rings is 1. The molecule has 1 nitrogen and oxygen atoms in total. The van der Waals surface area contributed by atoms with Crippen molar-refractivity contribution in [3.05, 3.63) is 54.1 Å². The van der Waals surface area contributed by atoms with Crippen LogP contribution < -0.4 is 0 Å². The molecule has 0 aliphatic carbocycles. The number of aliphatic imine (C=N–C) groups is 1. The Bertz CT molecular complexity index is 480. The highest BCUT2D eigenvalue weighted by Gasteiger charge is 2.08. The summed E-state index contributed by atoms with van der Waals surface area (Å²) in [7, 11) is 0. The average Bonchev–Trinajstić information content (AvgIpc) is 2.36. The molecular formula is C17H23N. The summed E-state index contributed by atoms with van der Waals surface area (Å²) < 4.78 is 0. The maximum Gasteiger partial charge on any atom is 0.0665 e. The second kappa shape index (κ2) is 6.34. The fraction of sp³-hybridized carbons (Fsp3) is 0.353. The molecule has 0 heterocycles. The molecule has 96 valence electrons. The zero-order valence-electron chi connectivity index (χ0n) is 12.0.